The lowest BCUT2D eigenvalue weighted by Gasteiger charge is -2.46. The van der Waals surface area contributed by atoms with Crippen LogP contribution >= 0.6 is 0 Å². The van der Waals surface area contributed by atoms with Crippen molar-refractivity contribution in [1.82, 2.24) is 0 Å². The van der Waals surface area contributed by atoms with E-state index in [1.807, 2.05) is 13.8 Å². The SMILES string of the molecule is C=C1C(=O)OC2C1CCC(C)C1(O)C(OCCC)CC(=O)C21C. The maximum absolute atomic E-state index is 12.9. The second-order valence-electron chi connectivity index (χ2n) is 7.45. The van der Waals surface area contributed by atoms with Crippen LogP contribution in [-0.2, 0) is 19.1 Å². The monoisotopic (exact) mass is 322 g/mol. The maximum atomic E-state index is 12.9. The first kappa shape index (κ1) is 16.7. The summed E-state index contributed by atoms with van der Waals surface area (Å²) in [6.07, 6.45) is 1.22. The van der Waals surface area contributed by atoms with Gasteiger partial charge in [-0.25, -0.2) is 4.79 Å². The van der Waals surface area contributed by atoms with E-state index in [-0.39, 0.29) is 24.0 Å². The van der Waals surface area contributed by atoms with Crippen LogP contribution < -0.4 is 0 Å². The molecule has 0 aromatic rings. The van der Waals surface area contributed by atoms with Crippen LogP contribution in [0.3, 0.4) is 0 Å². The van der Waals surface area contributed by atoms with Crippen LogP contribution in [-0.4, -0.2) is 41.3 Å². The molecule has 2 saturated carbocycles. The van der Waals surface area contributed by atoms with Crippen LogP contribution in [0.5, 0.6) is 0 Å². The molecule has 0 aromatic heterocycles. The molecule has 3 fully saturated rings. The molecule has 1 aliphatic heterocycles. The zero-order chi connectivity index (χ0) is 17.0. The summed E-state index contributed by atoms with van der Waals surface area (Å²) in [4.78, 5) is 24.9. The minimum atomic E-state index is -1.32. The predicted molar refractivity (Wildman–Crippen MR) is 83.6 cm³/mol. The lowest BCUT2D eigenvalue weighted by molar-refractivity contribution is -0.197. The number of aliphatic hydroxyl groups is 1. The van der Waals surface area contributed by atoms with Gasteiger partial charge in [0, 0.05) is 24.5 Å². The van der Waals surface area contributed by atoms with Gasteiger partial charge in [-0.2, -0.15) is 0 Å². The second-order valence-corrected chi connectivity index (χ2v) is 7.45. The first-order valence-electron chi connectivity index (χ1n) is 8.55. The third kappa shape index (κ3) is 1.99. The Balaban J connectivity index is 2.07. The summed E-state index contributed by atoms with van der Waals surface area (Å²) >= 11 is 0. The summed E-state index contributed by atoms with van der Waals surface area (Å²) in [5, 5.41) is 11.6. The largest absolute Gasteiger partial charge is 0.457 e. The number of esters is 1. The van der Waals surface area contributed by atoms with Crippen molar-refractivity contribution >= 4 is 11.8 Å². The molecule has 5 heteroatoms. The van der Waals surface area contributed by atoms with Crippen molar-refractivity contribution in [3.63, 3.8) is 0 Å². The number of ether oxygens (including phenoxy) is 2. The molecule has 1 heterocycles. The summed E-state index contributed by atoms with van der Waals surface area (Å²) in [6, 6.07) is 0. The molecular formula is C18H26O5. The van der Waals surface area contributed by atoms with Gasteiger partial charge in [0.1, 0.15) is 17.5 Å². The Labute approximate surface area is 137 Å². The van der Waals surface area contributed by atoms with E-state index in [0.29, 0.717) is 25.0 Å². The van der Waals surface area contributed by atoms with Crippen LogP contribution in [0.1, 0.15) is 46.5 Å². The lowest BCUT2D eigenvalue weighted by Crippen LogP contribution is -2.60. The highest BCUT2D eigenvalue weighted by Gasteiger charge is 2.72. The van der Waals surface area contributed by atoms with Gasteiger partial charge in [-0.3, -0.25) is 4.79 Å². The Kier molecular flexibility index (Phi) is 3.92. The summed E-state index contributed by atoms with van der Waals surface area (Å²) in [7, 11) is 0. The summed E-state index contributed by atoms with van der Waals surface area (Å²) in [5.41, 5.74) is -2.02. The third-order valence-corrected chi connectivity index (χ3v) is 6.34. The van der Waals surface area contributed by atoms with Crippen molar-refractivity contribution in [1.29, 1.82) is 0 Å². The molecule has 23 heavy (non-hydrogen) atoms. The highest BCUT2D eigenvalue weighted by molar-refractivity contribution is 5.95. The minimum Gasteiger partial charge on any atom is -0.457 e. The van der Waals surface area contributed by atoms with Crippen molar-refractivity contribution in [2.45, 2.75) is 64.3 Å². The van der Waals surface area contributed by atoms with Gasteiger partial charge in [0.15, 0.2) is 0 Å². The molecule has 128 valence electrons. The van der Waals surface area contributed by atoms with Gasteiger partial charge in [-0.05, 0) is 32.1 Å². The first-order valence-corrected chi connectivity index (χ1v) is 8.55. The Morgan fingerprint density at radius 3 is 2.74 bits per heavy atom. The van der Waals surface area contributed by atoms with E-state index in [4.69, 9.17) is 9.47 Å². The van der Waals surface area contributed by atoms with E-state index in [9.17, 15) is 14.7 Å². The highest BCUT2D eigenvalue weighted by Crippen LogP contribution is 2.59. The zero-order valence-electron chi connectivity index (χ0n) is 14.1. The van der Waals surface area contributed by atoms with Gasteiger partial charge in [-0.1, -0.05) is 20.4 Å². The van der Waals surface area contributed by atoms with E-state index in [2.05, 4.69) is 6.58 Å². The van der Waals surface area contributed by atoms with Crippen molar-refractivity contribution in [2.75, 3.05) is 6.61 Å². The first-order chi connectivity index (χ1) is 10.8. The molecule has 3 aliphatic rings. The van der Waals surface area contributed by atoms with Crippen molar-refractivity contribution < 1.29 is 24.2 Å². The molecule has 5 nitrogen and oxygen atoms in total. The number of fused-ring (bicyclic) bond motifs is 3. The molecule has 0 aromatic carbocycles. The van der Waals surface area contributed by atoms with Gasteiger partial charge in [-0.15, -0.1) is 0 Å². The predicted octanol–water partition coefficient (Wildman–Crippen LogP) is 2.02. The Bertz CT molecular complexity index is 556. The zero-order valence-corrected chi connectivity index (χ0v) is 14.1. The number of rotatable bonds is 3. The average Bonchev–Trinajstić information content (AvgIpc) is 2.88. The van der Waals surface area contributed by atoms with Crippen molar-refractivity contribution in [3.05, 3.63) is 12.2 Å². The maximum Gasteiger partial charge on any atom is 0.334 e. The highest BCUT2D eigenvalue weighted by atomic mass is 16.6. The molecule has 3 rings (SSSR count). The second kappa shape index (κ2) is 5.42. The van der Waals surface area contributed by atoms with Crippen molar-refractivity contribution in [2.24, 2.45) is 17.3 Å². The standard InChI is InChI=1S/C18H26O5/c1-5-8-22-14-9-13(19)17(4)15-12(11(3)16(20)23-15)7-6-10(2)18(14,17)21/h10,12,14-15,21H,3,5-9H2,1-2,4H3. The lowest BCUT2D eigenvalue weighted by atomic mass is 9.64. The van der Waals surface area contributed by atoms with E-state index >= 15 is 0 Å². The molecule has 0 amide bonds. The van der Waals surface area contributed by atoms with Crippen LogP contribution in [0.4, 0.5) is 0 Å². The fourth-order valence-electron chi connectivity index (χ4n) is 4.86. The summed E-state index contributed by atoms with van der Waals surface area (Å²) < 4.78 is 11.4. The summed E-state index contributed by atoms with van der Waals surface area (Å²) in [6.45, 7) is 10.1. The quantitative estimate of drug-likeness (QED) is 0.636. The normalized spacial score (nSPS) is 46.3. The van der Waals surface area contributed by atoms with E-state index in [0.717, 1.165) is 6.42 Å². The van der Waals surface area contributed by atoms with E-state index < -0.39 is 29.2 Å². The Morgan fingerprint density at radius 1 is 1.39 bits per heavy atom. The number of carbonyl (C=O) groups is 2. The topological polar surface area (TPSA) is 72.8 Å². The van der Waals surface area contributed by atoms with Crippen LogP contribution in [0.15, 0.2) is 12.2 Å². The fraction of sp³-hybridized carbons (Fsp3) is 0.778. The summed E-state index contributed by atoms with van der Waals surface area (Å²) in [5.74, 6) is -0.827. The van der Waals surface area contributed by atoms with Crippen LogP contribution in [0.25, 0.3) is 0 Å². The van der Waals surface area contributed by atoms with Crippen LogP contribution in [0.2, 0.25) is 0 Å². The third-order valence-electron chi connectivity index (χ3n) is 6.34. The smallest absolute Gasteiger partial charge is 0.334 e. The van der Waals surface area contributed by atoms with Crippen LogP contribution in [0, 0.1) is 17.3 Å². The van der Waals surface area contributed by atoms with Crippen molar-refractivity contribution in [3.8, 4) is 0 Å². The molecule has 0 radical (unpaired) electrons. The molecule has 2 aliphatic carbocycles. The molecule has 1 saturated heterocycles. The molecule has 0 bridgehead atoms. The average molecular weight is 322 g/mol. The van der Waals surface area contributed by atoms with E-state index in [1.54, 1.807) is 6.92 Å². The number of carbonyl (C=O) groups excluding carboxylic acids is 2. The van der Waals surface area contributed by atoms with E-state index in [1.165, 1.54) is 0 Å². The number of hydrogen-bond donors (Lipinski definition) is 1. The van der Waals surface area contributed by atoms with Gasteiger partial charge < -0.3 is 14.6 Å². The Morgan fingerprint density at radius 2 is 2.09 bits per heavy atom. The minimum absolute atomic E-state index is 0.0765. The fourth-order valence-corrected chi connectivity index (χ4v) is 4.86. The molecular weight excluding hydrogens is 296 g/mol. The number of hydrogen-bond acceptors (Lipinski definition) is 5. The number of Topliss-reactive ketones (excluding diaryl/α,β-unsaturated/α-hetero) is 1. The molecule has 1 N–H and O–H groups in total. The van der Waals surface area contributed by atoms with Gasteiger partial charge in [0.05, 0.1) is 11.5 Å². The number of ketones is 1. The molecule has 6 atom stereocenters. The van der Waals surface area contributed by atoms with Gasteiger partial charge in [0.2, 0.25) is 0 Å². The Hall–Kier alpha value is -1.20. The van der Waals surface area contributed by atoms with Gasteiger partial charge in [0.25, 0.3) is 0 Å². The molecule has 0 spiro atoms. The molecule has 6 unspecified atom stereocenters. The van der Waals surface area contributed by atoms with Gasteiger partial charge >= 0.3 is 5.97 Å².